The number of phenols is 1. The first kappa shape index (κ1) is 37.4. The van der Waals surface area contributed by atoms with Gasteiger partial charge in [-0.1, -0.05) is 55.9 Å². The number of halogens is 3. The lowest BCUT2D eigenvalue weighted by Gasteiger charge is -2.21. The number of hydrogen-bond acceptors (Lipinski definition) is 8. The zero-order valence-corrected chi connectivity index (χ0v) is 27.1. The Hall–Kier alpha value is -4.03. The number of rotatable bonds is 17. The zero-order valence-electron chi connectivity index (χ0n) is 26.3. The molecule has 1 heterocycles. The number of aliphatic hydroxyl groups excluding tert-OH is 1. The van der Waals surface area contributed by atoms with Crippen molar-refractivity contribution in [2.75, 3.05) is 6.61 Å². The van der Waals surface area contributed by atoms with Crippen LogP contribution >= 0.6 is 12.2 Å². The van der Waals surface area contributed by atoms with E-state index in [2.05, 4.69) is 0 Å². The molecule has 2 aromatic rings. The summed E-state index contributed by atoms with van der Waals surface area (Å²) in [6, 6.07) is 3.23. The number of aliphatic hydroxyl groups is 1. The van der Waals surface area contributed by atoms with Crippen LogP contribution in [-0.2, 0) is 6.42 Å². The van der Waals surface area contributed by atoms with Crippen LogP contribution in [0.1, 0.15) is 103 Å². The topological polar surface area (TPSA) is 134 Å². The minimum atomic E-state index is -4.43. The number of benzene rings is 1. The van der Waals surface area contributed by atoms with Crippen molar-refractivity contribution in [3.63, 3.8) is 0 Å². The molecular formula is C35H39F3O8S. The van der Waals surface area contributed by atoms with Gasteiger partial charge < -0.3 is 24.5 Å². The third-order valence-corrected chi connectivity index (χ3v) is 7.90. The number of carboxylic acids is 1. The van der Waals surface area contributed by atoms with Crippen molar-refractivity contribution in [2.45, 2.75) is 89.8 Å². The number of carbonyl (C=O) groups excluding carboxylic acids is 1. The van der Waals surface area contributed by atoms with Gasteiger partial charge in [0.1, 0.15) is 16.9 Å². The van der Waals surface area contributed by atoms with Crippen molar-refractivity contribution in [1.82, 2.24) is 0 Å². The number of thiocarbonyl (C=S) groups is 1. The van der Waals surface area contributed by atoms with Crippen molar-refractivity contribution in [2.24, 2.45) is 0 Å². The minimum Gasteiger partial charge on any atom is -0.507 e. The van der Waals surface area contributed by atoms with Crippen LogP contribution in [-0.4, -0.2) is 50.8 Å². The minimum absolute atomic E-state index is 0.0166. The van der Waals surface area contributed by atoms with Crippen LogP contribution in [0, 0.1) is 0 Å². The highest BCUT2D eigenvalue weighted by molar-refractivity contribution is 7.81. The summed E-state index contributed by atoms with van der Waals surface area (Å²) in [6.07, 6.45) is 5.05. The molecule has 0 radical (unpaired) electrons. The van der Waals surface area contributed by atoms with E-state index in [0.717, 1.165) is 12.8 Å². The van der Waals surface area contributed by atoms with Gasteiger partial charge >= 0.3 is 12.1 Å². The molecule has 3 N–H and O–H groups in total. The van der Waals surface area contributed by atoms with E-state index >= 15 is 0 Å². The number of ether oxygens (including phenoxy) is 1. The van der Waals surface area contributed by atoms with Gasteiger partial charge in [-0.25, -0.2) is 4.79 Å². The Bertz CT molecular complexity index is 1700. The highest BCUT2D eigenvalue weighted by Gasteiger charge is 2.32. The number of aromatic hydroxyl groups is 1. The Balaban J connectivity index is 1.72. The molecular weight excluding hydrogens is 637 g/mol. The van der Waals surface area contributed by atoms with E-state index in [1.807, 2.05) is 13.0 Å². The van der Waals surface area contributed by atoms with Gasteiger partial charge in [-0.15, -0.1) is 0 Å². The molecule has 1 aliphatic carbocycles. The molecule has 1 aromatic carbocycles. The normalized spacial score (nSPS) is 14.5. The van der Waals surface area contributed by atoms with Crippen molar-refractivity contribution in [1.29, 1.82) is 0 Å². The number of phenolic OH excluding ortho intramolecular Hbond substituents is 1. The van der Waals surface area contributed by atoms with Crippen LogP contribution in [0.15, 0.2) is 45.6 Å². The first-order valence-electron chi connectivity index (χ1n) is 15.5. The van der Waals surface area contributed by atoms with Gasteiger partial charge in [0.2, 0.25) is 5.76 Å². The SMILES string of the molecule is CCCc1c(OCCCC/C=C\C=C\[C@@H](c2c(C(=O)O)oc3c(c2=O)=CCC(=S)C=3)[C@H](O)CCCC(F)(F)F)ccc(C(C)=O)c1O. The number of ketones is 1. The number of aromatic carboxylic acids is 1. The molecule has 0 saturated carbocycles. The Morgan fingerprint density at radius 3 is 2.57 bits per heavy atom. The van der Waals surface area contributed by atoms with E-state index in [-0.39, 0.29) is 46.1 Å². The molecule has 0 unspecified atom stereocenters. The zero-order chi connectivity index (χ0) is 34.7. The molecule has 0 saturated heterocycles. The predicted octanol–water partition coefficient (Wildman–Crippen LogP) is 6.07. The number of alkyl halides is 3. The fourth-order valence-corrected chi connectivity index (χ4v) is 5.48. The average molecular weight is 677 g/mol. The van der Waals surface area contributed by atoms with E-state index in [1.165, 1.54) is 31.2 Å². The molecule has 1 aromatic heterocycles. The summed E-state index contributed by atoms with van der Waals surface area (Å²) >= 11 is 5.13. The highest BCUT2D eigenvalue weighted by Crippen LogP contribution is 2.33. The maximum atomic E-state index is 13.5. The second-order valence-corrected chi connectivity index (χ2v) is 11.8. The lowest BCUT2D eigenvalue weighted by atomic mass is 9.88. The second kappa shape index (κ2) is 17.2. The molecule has 1 aliphatic rings. The first-order chi connectivity index (χ1) is 22.2. The number of fused-ring (bicyclic) bond motifs is 1. The quantitative estimate of drug-likeness (QED) is 0.0790. The summed E-state index contributed by atoms with van der Waals surface area (Å²) in [6.45, 7) is 3.72. The number of allylic oxidation sites excluding steroid dienone is 3. The molecule has 12 heteroatoms. The summed E-state index contributed by atoms with van der Waals surface area (Å²) in [5.74, 6) is -3.28. The van der Waals surface area contributed by atoms with Gasteiger partial charge in [-0.2, -0.15) is 13.2 Å². The lowest BCUT2D eigenvalue weighted by molar-refractivity contribution is -0.136. The van der Waals surface area contributed by atoms with Crippen LogP contribution in [0.5, 0.6) is 11.5 Å². The molecule has 0 bridgehead atoms. The Labute approximate surface area is 275 Å². The van der Waals surface area contributed by atoms with E-state index in [4.69, 9.17) is 21.4 Å². The second-order valence-electron chi connectivity index (χ2n) is 11.3. The fourth-order valence-electron chi connectivity index (χ4n) is 5.29. The molecule has 47 heavy (non-hydrogen) atoms. The van der Waals surface area contributed by atoms with Gasteiger partial charge in [-0.05, 0) is 63.7 Å². The monoisotopic (exact) mass is 676 g/mol. The molecule has 0 aliphatic heterocycles. The predicted molar refractivity (Wildman–Crippen MR) is 176 cm³/mol. The van der Waals surface area contributed by atoms with Crippen molar-refractivity contribution >= 4 is 41.0 Å². The van der Waals surface area contributed by atoms with Gasteiger partial charge in [0, 0.05) is 29.2 Å². The standard InChI is InChI=1S/C35H39F3O8S/c1-3-11-25-28(17-16-23(21(2)39)31(25)41)45-19-9-7-5-4-6-8-12-24(27(40)13-10-18-35(36,37)38)30-32(42)26-15-14-22(47)20-29(26)46-33(30)34(43)44/h4,6,8,12,15-17,20,24,27,40-41H,3,5,7,9-11,13-14,18-19H2,1-2H3,(H,43,44)/b6-4-,12-8+/t24-,27-/m1/s1. The van der Waals surface area contributed by atoms with Crippen molar-refractivity contribution in [3.8, 4) is 11.5 Å². The maximum absolute atomic E-state index is 13.5. The Morgan fingerprint density at radius 2 is 1.91 bits per heavy atom. The maximum Gasteiger partial charge on any atom is 0.389 e. The van der Waals surface area contributed by atoms with E-state index in [9.17, 15) is 42.9 Å². The van der Waals surface area contributed by atoms with Crippen LogP contribution in [0.25, 0.3) is 12.2 Å². The van der Waals surface area contributed by atoms with Crippen molar-refractivity contribution in [3.05, 3.63) is 79.7 Å². The lowest BCUT2D eigenvalue weighted by Crippen LogP contribution is -2.45. The van der Waals surface area contributed by atoms with Gasteiger partial charge in [0.15, 0.2) is 11.2 Å². The number of hydrogen-bond donors (Lipinski definition) is 3. The van der Waals surface area contributed by atoms with Crippen LogP contribution < -0.4 is 20.8 Å². The number of carboxylic acid groups (broad SMARTS) is 1. The number of unbranched alkanes of at least 4 members (excludes halogenated alkanes) is 2. The Kier molecular flexibility index (Phi) is 13.7. The summed E-state index contributed by atoms with van der Waals surface area (Å²) in [5, 5.41) is 31.4. The van der Waals surface area contributed by atoms with Gasteiger partial charge in [-0.3, -0.25) is 9.59 Å². The van der Waals surface area contributed by atoms with Gasteiger partial charge in [0.05, 0.1) is 29.1 Å². The van der Waals surface area contributed by atoms with Crippen LogP contribution in [0.2, 0.25) is 0 Å². The fraction of sp³-hybridized carbons (Fsp3) is 0.429. The van der Waals surface area contributed by atoms with Gasteiger partial charge in [0.25, 0.3) is 0 Å². The summed E-state index contributed by atoms with van der Waals surface area (Å²) in [4.78, 5) is 37.8. The van der Waals surface area contributed by atoms with Crippen molar-refractivity contribution < 1.29 is 47.2 Å². The Morgan fingerprint density at radius 1 is 1.17 bits per heavy atom. The van der Waals surface area contributed by atoms with Crippen LogP contribution in [0.3, 0.4) is 0 Å². The number of carbonyl (C=O) groups is 2. The third kappa shape index (κ3) is 10.5. The molecule has 0 spiro atoms. The summed E-state index contributed by atoms with van der Waals surface area (Å²) < 4.78 is 49.7. The largest absolute Gasteiger partial charge is 0.507 e. The van der Waals surface area contributed by atoms with E-state index in [0.29, 0.717) is 42.0 Å². The average Bonchev–Trinajstić information content (AvgIpc) is 2.99. The highest BCUT2D eigenvalue weighted by atomic mass is 32.1. The van der Waals surface area contributed by atoms with E-state index < -0.39 is 48.2 Å². The smallest absolute Gasteiger partial charge is 0.389 e. The van der Waals surface area contributed by atoms with Crippen LogP contribution in [0.4, 0.5) is 13.2 Å². The summed E-state index contributed by atoms with van der Waals surface area (Å²) in [5.41, 5.74) is -0.207. The van der Waals surface area contributed by atoms with E-state index in [1.54, 1.807) is 18.2 Å². The number of Topliss-reactive ketones (excluding diaryl/α,β-unsaturated/α-hetero) is 1. The third-order valence-electron chi connectivity index (χ3n) is 7.62. The molecule has 0 amide bonds. The molecule has 3 rings (SSSR count). The molecule has 8 nitrogen and oxygen atoms in total. The molecule has 254 valence electrons. The molecule has 2 atom stereocenters. The first-order valence-corrected chi connectivity index (χ1v) is 15.9. The summed E-state index contributed by atoms with van der Waals surface area (Å²) in [7, 11) is 0. The molecule has 0 fully saturated rings.